The van der Waals surface area contributed by atoms with E-state index in [1.54, 1.807) is 36.4 Å². The van der Waals surface area contributed by atoms with Crippen molar-refractivity contribution in [1.82, 2.24) is 9.13 Å². The molecule has 0 N–H and O–H groups in total. The van der Waals surface area contributed by atoms with E-state index >= 15 is 0 Å². The first-order valence-electron chi connectivity index (χ1n) is 7.92. The Morgan fingerprint density at radius 2 is 1.63 bits per heavy atom. The average Bonchev–Trinajstić information content (AvgIpc) is 3.02. The number of cyclic esters (lactones) is 1. The number of halogens is 1. The number of hydrogen-bond donors (Lipinski definition) is 0. The van der Waals surface area contributed by atoms with Gasteiger partial charge in [0.2, 0.25) is 12.0 Å². The van der Waals surface area contributed by atoms with Crippen LogP contribution < -0.4 is 11.2 Å². The van der Waals surface area contributed by atoms with Gasteiger partial charge in [-0.2, -0.15) is 8.96 Å². The number of hydrogen-bond acceptors (Lipinski definition) is 5. The maximum atomic E-state index is 14.2. The Kier molecular flexibility index (Phi) is 3.80. The number of nitrogens with zero attached hydrogens (tertiary/aromatic N) is 2. The fourth-order valence-corrected chi connectivity index (χ4v) is 2.93. The summed E-state index contributed by atoms with van der Waals surface area (Å²) in [5.74, 6) is -2.98. The number of rotatable bonds is 2. The van der Waals surface area contributed by atoms with Gasteiger partial charge in [-0.05, 0) is 18.2 Å². The van der Waals surface area contributed by atoms with Crippen molar-refractivity contribution < 1.29 is 18.7 Å². The highest BCUT2D eigenvalue weighted by molar-refractivity contribution is 5.96. The summed E-state index contributed by atoms with van der Waals surface area (Å²) >= 11 is 0. The van der Waals surface area contributed by atoms with Crippen LogP contribution in [0.2, 0.25) is 0 Å². The molecule has 0 amide bonds. The number of aromatic nitrogens is 2. The smallest absolute Gasteiger partial charge is 0.341 e. The van der Waals surface area contributed by atoms with E-state index in [-0.39, 0.29) is 15.7 Å². The largest absolute Gasteiger partial charge is 0.433 e. The minimum Gasteiger partial charge on any atom is -0.433 e. The minimum absolute atomic E-state index is 0.0395. The van der Waals surface area contributed by atoms with Crippen molar-refractivity contribution in [2.45, 2.75) is 6.23 Å². The van der Waals surface area contributed by atoms with Crippen LogP contribution in [0.3, 0.4) is 0 Å². The van der Waals surface area contributed by atoms with Crippen molar-refractivity contribution in [3.05, 3.63) is 104 Å². The van der Waals surface area contributed by atoms with Gasteiger partial charge in [0.1, 0.15) is 0 Å². The molecule has 0 spiro atoms. The summed E-state index contributed by atoms with van der Waals surface area (Å²) in [7, 11) is 0. The zero-order valence-corrected chi connectivity index (χ0v) is 13.7. The zero-order valence-electron chi connectivity index (χ0n) is 13.7. The van der Waals surface area contributed by atoms with Crippen LogP contribution >= 0.6 is 0 Å². The van der Waals surface area contributed by atoms with Crippen molar-refractivity contribution in [1.29, 1.82) is 0 Å². The monoisotopic (exact) mass is 366 g/mol. The van der Waals surface area contributed by atoms with Gasteiger partial charge < -0.3 is 4.74 Å². The third kappa shape index (κ3) is 2.58. The molecule has 1 unspecified atom stereocenters. The van der Waals surface area contributed by atoms with Crippen molar-refractivity contribution in [2.24, 2.45) is 0 Å². The van der Waals surface area contributed by atoms with Crippen molar-refractivity contribution >= 4 is 11.9 Å². The van der Waals surface area contributed by atoms with Gasteiger partial charge in [-0.15, -0.1) is 0 Å². The molecule has 3 aromatic rings. The number of fused-ring (bicyclic) bond motifs is 1. The molecule has 2 heterocycles. The SMILES string of the molecule is O=C1OC(n2cc(F)c(=O)n(C(=O)c3ccccc3)c2=O)c2ccccc21. The predicted octanol–water partition coefficient (Wildman–Crippen LogP) is 1.55. The van der Waals surface area contributed by atoms with Crippen molar-refractivity contribution in [2.75, 3.05) is 0 Å². The molecular formula is C19H11FN2O5. The second kappa shape index (κ2) is 6.17. The van der Waals surface area contributed by atoms with E-state index in [2.05, 4.69) is 0 Å². The average molecular weight is 366 g/mol. The van der Waals surface area contributed by atoms with Crippen LogP contribution in [0.4, 0.5) is 4.39 Å². The molecule has 134 valence electrons. The van der Waals surface area contributed by atoms with Crippen LogP contribution in [0.5, 0.6) is 0 Å². The summed E-state index contributed by atoms with van der Waals surface area (Å²) < 4.78 is 20.3. The first kappa shape index (κ1) is 16.6. The standard InChI is InChI=1S/C19H11FN2O5/c20-14-10-21(17-12-8-4-5-9-13(12)18(25)27-17)19(26)22(16(14)24)15(23)11-6-2-1-3-7-11/h1-10,17H. The Morgan fingerprint density at radius 1 is 0.963 bits per heavy atom. The lowest BCUT2D eigenvalue weighted by Crippen LogP contribution is -2.46. The Hall–Kier alpha value is -3.81. The fraction of sp³-hybridized carbons (Fsp3) is 0.0526. The van der Waals surface area contributed by atoms with E-state index in [0.717, 1.165) is 4.57 Å². The molecule has 4 rings (SSSR count). The Bertz CT molecular complexity index is 1200. The third-order valence-corrected chi connectivity index (χ3v) is 4.21. The van der Waals surface area contributed by atoms with Crippen LogP contribution in [0, 0.1) is 5.82 Å². The maximum Gasteiger partial charge on any atom is 0.341 e. The molecule has 1 aliphatic heterocycles. The van der Waals surface area contributed by atoms with Crippen LogP contribution in [0.15, 0.2) is 70.4 Å². The molecule has 0 aliphatic carbocycles. The fourth-order valence-electron chi connectivity index (χ4n) is 2.93. The number of ether oxygens (including phenoxy) is 1. The van der Waals surface area contributed by atoms with Crippen LogP contribution in [0.25, 0.3) is 0 Å². The van der Waals surface area contributed by atoms with Crippen molar-refractivity contribution in [3.8, 4) is 0 Å². The Morgan fingerprint density at radius 3 is 2.37 bits per heavy atom. The van der Waals surface area contributed by atoms with E-state index < -0.39 is 35.2 Å². The Balaban J connectivity index is 1.92. The third-order valence-electron chi connectivity index (χ3n) is 4.21. The molecule has 8 heteroatoms. The van der Waals surface area contributed by atoms with Gasteiger partial charge in [-0.1, -0.05) is 36.4 Å². The summed E-state index contributed by atoms with van der Waals surface area (Å²) in [6.45, 7) is 0. The number of benzene rings is 2. The minimum atomic E-state index is -1.37. The molecule has 0 saturated carbocycles. The normalized spacial score (nSPS) is 15.3. The van der Waals surface area contributed by atoms with Crippen LogP contribution in [-0.2, 0) is 4.74 Å². The summed E-state index contributed by atoms with van der Waals surface area (Å²) in [5, 5.41) is 0. The molecule has 0 bridgehead atoms. The summed E-state index contributed by atoms with van der Waals surface area (Å²) in [4.78, 5) is 49.5. The quantitative estimate of drug-likeness (QED) is 0.643. The highest BCUT2D eigenvalue weighted by Gasteiger charge is 2.34. The van der Waals surface area contributed by atoms with Gasteiger partial charge in [0.05, 0.1) is 11.8 Å². The second-order valence-electron chi connectivity index (χ2n) is 5.82. The molecule has 1 aromatic heterocycles. The van der Waals surface area contributed by atoms with Crippen LogP contribution in [-0.4, -0.2) is 21.0 Å². The molecule has 1 atom stereocenters. The topological polar surface area (TPSA) is 87.4 Å². The number of carbonyl (C=O) groups excluding carboxylic acids is 2. The highest BCUT2D eigenvalue weighted by atomic mass is 19.1. The van der Waals surface area contributed by atoms with Gasteiger partial charge in [0.15, 0.2) is 0 Å². The molecule has 7 nitrogen and oxygen atoms in total. The Labute approximate surface area is 150 Å². The lowest BCUT2D eigenvalue weighted by Gasteiger charge is -2.15. The second-order valence-corrected chi connectivity index (χ2v) is 5.82. The van der Waals surface area contributed by atoms with Gasteiger partial charge in [-0.25, -0.2) is 9.59 Å². The van der Waals surface area contributed by atoms with E-state index in [1.165, 1.54) is 18.2 Å². The summed E-state index contributed by atoms with van der Waals surface area (Å²) in [5.41, 5.74) is -1.88. The maximum absolute atomic E-state index is 14.2. The number of carbonyl (C=O) groups is 2. The molecule has 0 fully saturated rings. The first-order valence-corrected chi connectivity index (χ1v) is 7.92. The van der Waals surface area contributed by atoms with E-state index in [9.17, 15) is 23.6 Å². The predicted molar refractivity (Wildman–Crippen MR) is 91.1 cm³/mol. The highest BCUT2D eigenvalue weighted by Crippen LogP contribution is 2.30. The molecule has 0 saturated heterocycles. The molecule has 2 aromatic carbocycles. The number of esters is 1. The molecule has 27 heavy (non-hydrogen) atoms. The van der Waals surface area contributed by atoms with E-state index in [4.69, 9.17) is 4.74 Å². The molecule has 1 aliphatic rings. The molecular weight excluding hydrogens is 355 g/mol. The zero-order chi connectivity index (χ0) is 19.1. The lowest BCUT2D eigenvalue weighted by molar-refractivity contribution is 0.0304. The van der Waals surface area contributed by atoms with E-state index in [0.29, 0.717) is 11.8 Å². The van der Waals surface area contributed by atoms with Gasteiger partial charge in [0.25, 0.3) is 11.5 Å². The molecule has 0 radical (unpaired) electrons. The van der Waals surface area contributed by atoms with Gasteiger partial charge in [-0.3, -0.25) is 14.2 Å². The van der Waals surface area contributed by atoms with Crippen LogP contribution in [0.1, 0.15) is 32.5 Å². The van der Waals surface area contributed by atoms with E-state index in [1.807, 2.05) is 0 Å². The summed E-state index contributed by atoms with van der Waals surface area (Å²) in [6, 6.07) is 13.8. The van der Waals surface area contributed by atoms with Gasteiger partial charge in [0, 0.05) is 11.1 Å². The van der Waals surface area contributed by atoms with Gasteiger partial charge >= 0.3 is 11.7 Å². The lowest BCUT2D eigenvalue weighted by atomic mass is 10.1. The summed E-state index contributed by atoms with van der Waals surface area (Å²) in [6.07, 6.45) is -0.634. The van der Waals surface area contributed by atoms with Crippen molar-refractivity contribution in [3.63, 3.8) is 0 Å². The first-order chi connectivity index (χ1) is 13.0.